The minimum Gasteiger partial charge on any atom is -0.489 e. The van der Waals surface area contributed by atoms with Crippen LogP contribution in [-0.4, -0.2) is 6.54 Å². The standard InChI is InChI=1S/C17H20ClNO.ClH/c1-2-11-19-12-14-7-9-16(10-8-14)20-13-15-5-3-4-6-17(15)18;/h3-10,19H,2,11-13H2,1H3;1H. The van der Waals surface area contributed by atoms with Gasteiger partial charge in [0.2, 0.25) is 0 Å². The van der Waals surface area contributed by atoms with Crippen molar-refractivity contribution in [2.24, 2.45) is 0 Å². The average molecular weight is 326 g/mol. The molecule has 0 heterocycles. The van der Waals surface area contributed by atoms with Gasteiger partial charge in [0, 0.05) is 17.1 Å². The SMILES string of the molecule is CCCNCc1ccc(OCc2ccccc2Cl)cc1.Cl. The van der Waals surface area contributed by atoms with Crippen LogP contribution in [0.1, 0.15) is 24.5 Å². The zero-order valence-electron chi connectivity index (χ0n) is 12.1. The summed E-state index contributed by atoms with van der Waals surface area (Å²) < 4.78 is 5.75. The van der Waals surface area contributed by atoms with Gasteiger partial charge in [0.1, 0.15) is 12.4 Å². The lowest BCUT2D eigenvalue weighted by Crippen LogP contribution is -2.13. The maximum Gasteiger partial charge on any atom is 0.119 e. The summed E-state index contributed by atoms with van der Waals surface area (Å²) in [6.45, 7) is 4.61. The van der Waals surface area contributed by atoms with Gasteiger partial charge in [-0.05, 0) is 36.7 Å². The molecule has 2 rings (SSSR count). The van der Waals surface area contributed by atoms with Gasteiger partial charge in [0.05, 0.1) is 0 Å². The number of ether oxygens (including phenoxy) is 1. The summed E-state index contributed by atoms with van der Waals surface area (Å²) in [5.74, 6) is 0.865. The molecule has 0 fully saturated rings. The van der Waals surface area contributed by atoms with Crippen molar-refractivity contribution in [2.75, 3.05) is 6.54 Å². The Balaban J connectivity index is 0.00000220. The second kappa shape index (κ2) is 9.67. The molecule has 0 amide bonds. The molecule has 114 valence electrons. The Morgan fingerprint density at radius 3 is 2.43 bits per heavy atom. The highest BCUT2D eigenvalue weighted by atomic mass is 35.5. The van der Waals surface area contributed by atoms with E-state index in [0.717, 1.165) is 35.8 Å². The van der Waals surface area contributed by atoms with Crippen LogP contribution in [0.4, 0.5) is 0 Å². The molecule has 0 bridgehead atoms. The first kappa shape index (κ1) is 17.8. The van der Waals surface area contributed by atoms with Crippen molar-refractivity contribution >= 4 is 24.0 Å². The Morgan fingerprint density at radius 1 is 1.05 bits per heavy atom. The van der Waals surface area contributed by atoms with Crippen molar-refractivity contribution < 1.29 is 4.74 Å². The van der Waals surface area contributed by atoms with Crippen molar-refractivity contribution in [1.82, 2.24) is 5.32 Å². The van der Waals surface area contributed by atoms with Crippen LogP contribution in [0.3, 0.4) is 0 Å². The monoisotopic (exact) mass is 325 g/mol. The largest absolute Gasteiger partial charge is 0.489 e. The van der Waals surface area contributed by atoms with E-state index in [-0.39, 0.29) is 12.4 Å². The Labute approximate surface area is 137 Å². The number of benzene rings is 2. The Kier molecular flexibility index (Phi) is 8.21. The quantitative estimate of drug-likeness (QED) is 0.735. The highest BCUT2D eigenvalue weighted by Crippen LogP contribution is 2.18. The van der Waals surface area contributed by atoms with Gasteiger partial charge in [0.15, 0.2) is 0 Å². The van der Waals surface area contributed by atoms with E-state index in [9.17, 15) is 0 Å². The first-order valence-corrected chi connectivity index (χ1v) is 7.33. The number of halogens is 2. The summed E-state index contributed by atoms with van der Waals surface area (Å²) in [4.78, 5) is 0. The molecule has 0 atom stereocenters. The van der Waals surface area contributed by atoms with Crippen LogP contribution >= 0.6 is 24.0 Å². The maximum atomic E-state index is 6.10. The topological polar surface area (TPSA) is 21.3 Å². The van der Waals surface area contributed by atoms with E-state index in [1.807, 2.05) is 36.4 Å². The molecule has 4 heteroatoms. The van der Waals surface area contributed by atoms with Crippen LogP contribution < -0.4 is 10.1 Å². The molecule has 0 unspecified atom stereocenters. The van der Waals surface area contributed by atoms with Crippen LogP contribution in [0, 0.1) is 0 Å². The molecule has 2 nitrogen and oxygen atoms in total. The van der Waals surface area contributed by atoms with E-state index in [1.165, 1.54) is 5.56 Å². The van der Waals surface area contributed by atoms with Crippen LogP contribution in [0.5, 0.6) is 5.75 Å². The molecule has 0 aliphatic carbocycles. The molecule has 2 aromatic carbocycles. The van der Waals surface area contributed by atoms with E-state index in [2.05, 4.69) is 24.4 Å². The van der Waals surface area contributed by atoms with Gasteiger partial charge in [-0.1, -0.05) is 48.9 Å². The lowest BCUT2D eigenvalue weighted by atomic mass is 10.2. The number of nitrogens with one attached hydrogen (secondary N) is 1. The Morgan fingerprint density at radius 2 is 1.76 bits per heavy atom. The van der Waals surface area contributed by atoms with E-state index >= 15 is 0 Å². The predicted molar refractivity (Wildman–Crippen MR) is 91.5 cm³/mol. The Bertz CT molecular complexity index is 529. The summed E-state index contributed by atoms with van der Waals surface area (Å²) in [6, 6.07) is 15.9. The molecule has 0 saturated carbocycles. The van der Waals surface area contributed by atoms with Crippen LogP contribution in [0.2, 0.25) is 5.02 Å². The lowest BCUT2D eigenvalue weighted by Gasteiger charge is -2.09. The van der Waals surface area contributed by atoms with Gasteiger partial charge in [-0.15, -0.1) is 12.4 Å². The van der Waals surface area contributed by atoms with E-state index < -0.39 is 0 Å². The second-order valence-corrected chi connectivity index (χ2v) is 5.11. The summed E-state index contributed by atoms with van der Waals surface area (Å²) in [5.41, 5.74) is 2.27. The Hall–Kier alpha value is -1.22. The molecule has 0 radical (unpaired) electrons. The summed E-state index contributed by atoms with van der Waals surface area (Å²) in [7, 11) is 0. The van der Waals surface area contributed by atoms with Crippen LogP contribution in [0.15, 0.2) is 48.5 Å². The van der Waals surface area contributed by atoms with Crippen molar-refractivity contribution in [3.8, 4) is 5.75 Å². The third-order valence-corrected chi connectivity index (χ3v) is 3.40. The van der Waals surface area contributed by atoms with Gasteiger partial charge >= 0.3 is 0 Å². The average Bonchev–Trinajstić information content (AvgIpc) is 2.48. The summed E-state index contributed by atoms with van der Waals surface area (Å²) >= 11 is 6.10. The molecular weight excluding hydrogens is 305 g/mol. The second-order valence-electron chi connectivity index (χ2n) is 4.70. The van der Waals surface area contributed by atoms with Crippen molar-refractivity contribution in [1.29, 1.82) is 0 Å². The van der Waals surface area contributed by atoms with E-state index in [1.54, 1.807) is 0 Å². The highest BCUT2D eigenvalue weighted by molar-refractivity contribution is 6.31. The van der Waals surface area contributed by atoms with Gasteiger partial charge in [-0.25, -0.2) is 0 Å². The highest BCUT2D eigenvalue weighted by Gasteiger charge is 2.00. The fourth-order valence-electron chi connectivity index (χ4n) is 1.89. The molecule has 0 aromatic heterocycles. The smallest absolute Gasteiger partial charge is 0.119 e. The van der Waals surface area contributed by atoms with Gasteiger partial charge in [-0.2, -0.15) is 0 Å². The van der Waals surface area contributed by atoms with Crippen molar-refractivity contribution in [2.45, 2.75) is 26.5 Å². The molecule has 0 spiro atoms. The molecule has 0 aliphatic heterocycles. The van der Waals surface area contributed by atoms with Crippen molar-refractivity contribution in [3.05, 3.63) is 64.7 Å². The summed E-state index contributed by atoms with van der Waals surface area (Å²) in [6.07, 6.45) is 1.15. The maximum absolute atomic E-state index is 6.10. The lowest BCUT2D eigenvalue weighted by molar-refractivity contribution is 0.306. The number of hydrogen-bond acceptors (Lipinski definition) is 2. The zero-order valence-corrected chi connectivity index (χ0v) is 13.7. The minimum atomic E-state index is 0. The van der Waals surface area contributed by atoms with Gasteiger partial charge in [0.25, 0.3) is 0 Å². The minimum absolute atomic E-state index is 0. The van der Waals surface area contributed by atoms with Crippen LogP contribution in [0.25, 0.3) is 0 Å². The normalized spacial score (nSPS) is 10.0. The third kappa shape index (κ3) is 5.96. The molecule has 0 aliphatic rings. The number of hydrogen-bond donors (Lipinski definition) is 1. The molecular formula is C17H21Cl2NO. The van der Waals surface area contributed by atoms with Gasteiger partial charge in [-0.3, -0.25) is 0 Å². The molecule has 0 saturated heterocycles. The molecule has 21 heavy (non-hydrogen) atoms. The summed E-state index contributed by atoms with van der Waals surface area (Å²) in [5, 5.41) is 4.12. The first-order valence-electron chi connectivity index (χ1n) is 6.95. The fourth-order valence-corrected chi connectivity index (χ4v) is 2.08. The first-order chi connectivity index (χ1) is 9.79. The molecule has 1 N–H and O–H groups in total. The van der Waals surface area contributed by atoms with Crippen LogP contribution in [-0.2, 0) is 13.2 Å². The molecule has 2 aromatic rings. The number of rotatable bonds is 7. The zero-order chi connectivity index (χ0) is 14.2. The van der Waals surface area contributed by atoms with Gasteiger partial charge < -0.3 is 10.1 Å². The van der Waals surface area contributed by atoms with E-state index in [4.69, 9.17) is 16.3 Å². The van der Waals surface area contributed by atoms with Crippen molar-refractivity contribution in [3.63, 3.8) is 0 Å². The fraction of sp³-hybridized carbons (Fsp3) is 0.294. The third-order valence-electron chi connectivity index (χ3n) is 3.03. The predicted octanol–water partition coefficient (Wildman–Crippen LogP) is 4.84. The van der Waals surface area contributed by atoms with E-state index in [0.29, 0.717) is 6.61 Å².